The average Bonchev–Trinajstić information content (AvgIpc) is 3.31. The molecule has 136 valence electrons. The minimum Gasteiger partial charge on any atom is -0.346 e. The number of sulfonamides is 1. The molecule has 0 aliphatic rings. The number of amides is 1. The Balaban J connectivity index is 1.64. The largest absolute Gasteiger partial charge is 0.346 e. The van der Waals surface area contributed by atoms with E-state index in [0.29, 0.717) is 11.3 Å². The van der Waals surface area contributed by atoms with Crippen molar-refractivity contribution in [1.29, 1.82) is 0 Å². The lowest BCUT2D eigenvalue weighted by atomic mass is 10.2. The van der Waals surface area contributed by atoms with Crippen LogP contribution in [0.15, 0.2) is 52.9 Å². The molecule has 8 nitrogen and oxygen atoms in total. The van der Waals surface area contributed by atoms with Crippen LogP contribution in [0.4, 0.5) is 0 Å². The van der Waals surface area contributed by atoms with Crippen molar-refractivity contribution >= 4 is 27.3 Å². The van der Waals surface area contributed by atoms with Crippen molar-refractivity contribution in [2.75, 3.05) is 14.1 Å². The van der Waals surface area contributed by atoms with Gasteiger partial charge in [0.15, 0.2) is 0 Å². The van der Waals surface area contributed by atoms with E-state index in [2.05, 4.69) is 15.6 Å². The molecule has 3 rings (SSSR count). The molecule has 0 saturated carbocycles. The normalized spacial score (nSPS) is 11.7. The average molecular weight is 391 g/mol. The van der Waals surface area contributed by atoms with E-state index in [0.717, 1.165) is 9.31 Å². The van der Waals surface area contributed by atoms with E-state index < -0.39 is 10.0 Å². The Morgan fingerprint density at radius 3 is 2.58 bits per heavy atom. The highest BCUT2D eigenvalue weighted by Gasteiger charge is 2.17. The molecular formula is C16H17N5O3S2. The zero-order valence-electron chi connectivity index (χ0n) is 14.2. The Bertz CT molecular complexity index is 993. The number of thiophene rings is 1. The van der Waals surface area contributed by atoms with Crippen LogP contribution in [-0.4, -0.2) is 47.7 Å². The third-order valence-corrected chi connectivity index (χ3v) is 6.29. The van der Waals surface area contributed by atoms with Gasteiger partial charge in [-0.3, -0.25) is 4.79 Å². The quantitative estimate of drug-likeness (QED) is 0.687. The topological polar surface area (TPSA) is 97.2 Å². The van der Waals surface area contributed by atoms with Crippen molar-refractivity contribution in [3.8, 4) is 5.00 Å². The van der Waals surface area contributed by atoms with Crippen molar-refractivity contribution in [3.05, 3.63) is 59.2 Å². The van der Waals surface area contributed by atoms with Crippen LogP contribution in [0, 0.1) is 0 Å². The molecule has 0 radical (unpaired) electrons. The van der Waals surface area contributed by atoms with Crippen molar-refractivity contribution in [2.24, 2.45) is 0 Å². The van der Waals surface area contributed by atoms with Crippen LogP contribution in [-0.2, 0) is 16.6 Å². The second-order valence-electron chi connectivity index (χ2n) is 5.60. The van der Waals surface area contributed by atoms with Gasteiger partial charge in [-0.15, -0.1) is 16.4 Å². The Morgan fingerprint density at radius 1 is 1.23 bits per heavy atom. The first-order valence-electron chi connectivity index (χ1n) is 7.64. The zero-order chi connectivity index (χ0) is 18.7. The number of benzene rings is 1. The first-order valence-corrected chi connectivity index (χ1v) is 9.96. The van der Waals surface area contributed by atoms with Gasteiger partial charge < -0.3 is 5.32 Å². The first kappa shape index (κ1) is 18.2. The van der Waals surface area contributed by atoms with E-state index >= 15 is 0 Å². The number of nitrogens with zero attached hydrogens (tertiary/aromatic N) is 4. The van der Waals surface area contributed by atoms with Crippen LogP contribution in [0.5, 0.6) is 0 Å². The van der Waals surface area contributed by atoms with Crippen LogP contribution in [0.1, 0.15) is 16.1 Å². The molecule has 0 saturated heterocycles. The van der Waals surface area contributed by atoms with E-state index in [-0.39, 0.29) is 17.3 Å². The number of hydrogen-bond acceptors (Lipinski definition) is 6. The summed E-state index contributed by atoms with van der Waals surface area (Å²) in [6, 6.07) is 9.63. The van der Waals surface area contributed by atoms with Gasteiger partial charge in [0.05, 0.1) is 17.6 Å². The van der Waals surface area contributed by atoms with Gasteiger partial charge >= 0.3 is 0 Å². The summed E-state index contributed by atoms with van der Waals surface area (Å²) < 4.78 is 26.8. The van der Waals surface area contributed by atoms with Gasteiger partial charge in [0.1, 0.15) is 10.7 Å². The van der Waals surface area contributed by atoms with Crippen molar-refractivity contribution < 1.29 is 13.2 Å². The molecule has 0 unspecified atom stereocenters. The Labute approximate surface area is 155 Å². The van der Waals surface area contributed by atoms with Gasteiger partial charge in [-0.1, -0.05) is 5.21 Å². The maximum atomic E-state index is 12.2. The van der Waals surface area contributed by atoms with Crippen LogP contribution >= 0.6 is 11.3 Å². The molecule has 1 N–H and O–H groups in total. The summed E-state index contributed by atoms with van der Waals surface area (Å²) in [6.07, 6.45) is 1.75. The molecule has 10 heteroatoms. The minimum atomic E-state index is -3.51. The molecule has 0 spiro atoms. The monoisotopic (exact) mass is 391 g/mol. The molecule has 2 heterocycles. The van der Waals surface area contributed by atoms with Gasteiger partial charge in [0, 0.05) is 19.7 Å². The van der Waals surface area contributed by atoms with Crippen LogP contribution in [0.25, 0.3) is 5.00 Å². The van der Waals surface area contributed by atoms with Crippen molar-refractivity contribution in [1.82, 2.24) is 24.6 Å². The van der Waals surface area contributed by atoms with E-state index in [1.807, 2.05) is 17.5 Å². The van der Waals surface area contributed by atoms with Gasteiger partial charge in [0.2, 0.25) is 10.0 Å². The smallest absolute Gasteiger partial charge is 0.251 e. The standard InChI is InChI=1S/C16H17N5O3S2/c1-20(2)26(23,24)14-7-5-12(6-8-14)16(22)17-10-13-11-21(19-18-13)15-4-3-9-25-15/h3-9,11H,10H2,1-2H3,(H,17,22). The predicted molar refractivity (Wildman–Crippen MR) is 97.7 cm³/mol. The predicted octanol–water partition coefficient (Wildman–Crippen LogP) is 1.51. The van der Waals surface area contributed by atoms with Crippen molar-refractivity contribution in [2.45, 2.75) is 11.4 Å². The molecule has 26 heavy (non-hydrogen) atoms. The summed E-state index contributed by atoms with van der Waals surface area (Å²) in [7, 11) is -0.597. The molecule has 3 aromatic rings. The van der Waals surface area contributed by atoms with Gasteiger partial charge in [-0.05, 0) is 41.8 Å². The van der Waals surface area contributed by atoms with E-state index in [1.54, 1.807) is 10.9 Å². The fraction of sp³-hybridized carbons (Fsp3) is 0.188. The SMILES string of the molecule is CN(C)S(=O)(=O)c1ccc(C(=O)NCc2cn(-c3cccs3)nn2)cc1. The number of nitrogens with one attached hydrogen (secondary N) is 1. The highest BCUT2D eigenvalue weighted by atomic mass is 32.2. The Hall–Kier alpha value is -2.56. The number of hydrogen-bond donors (Lipinski definition) is 1. The summed E-state index contributed by atoms with van der Waals surface area (Å²) >= 11 is 1.54. The van der Waals surface area contributed by atoms with Crippen LogP contribution in [0.3, 0.4) is 0 Å². The van der Waals surface area contributed by atoms with Crippen LogP contribution < -0.4 is 5.32 Å². The Kier molecular flexibility index (Phi) is 5.16. The summed E-state index contributed by atoms with van der Waals surface area (Å²) in [4.78, 5) is 12.4. The molecule has 1 aromatic carbocycles. The maximum absolute atomic E-state index is 12.2. The fourth-order valence-corrected chi connectivity index (χ4v) is 3.70. The van der Waals surface area contributed by atoms with Crippen LogP contribution in [0.2, 0.25) is 0 Å². The molecular weight excluding hydrogens is 374 g/mol. The van der Waals surface area contributed by atoms with E-state index in [4.69, 9.17) is 0 Å². The number of carbonyl (C=O) groups is 1. The van der Waals surface area contributed by atoms with Crippen molar-refractivity contribution in [3.63, 3.8) is 0 Å². The van der Waals surface area contributed by atoms with Gasteiger partial charge in [0.25, 0.3) is 5.91 Å². The van der Waals surface area contributed by atoms with E-state index in [1.165, 1.54) is 49.7 Å². The summed E-state index contributed by atoms with van der Waals surface area (Å²) in [5.41, 5.74) is 0.993. The van der Waals surface area contributed by atoms with Gasteiger partial charge in [-0.2, -0.15) is 0 Å². The third kappa shape index (κ3) is 3.82. The first-order chi connectivity index (χ1) is 12.4. The zero-order valence-corrected chi connectivity index (χ0v) is 15.8. The molecule has 0 fully saturated rings. The maximum Gasteiger partial charge on any atom is 0.251 e. The summed E-state index contributed by atoms with van der Waals surface area (Å²) in [5.74, 6) is -0.315. The molecule has 2 aromatic heterocycles. The summed E-state index contributed by atoms with van der Waals surface area (Å²) in [6.45, 7) is 0.224. The molecule has 0 bridgehead atoms. The molecule has 0 aliphatic carbocycles. The Morgan fingerprint density at radius 2 is 1.96 bits per heavy atom. The molecule has 1 amide bonds. The lowest BCUT2D eigenvalue weighted by Crippen LogP contribution is -2.24. The number of rotatable bonds is 6. The number of carbonyl (C=O) groups excluding carboxylic acids is 1. The van der Waals surface area contributed by atoms with E-state index in [9.17, 15) is 13.2 Å². The lowest BCUT2D eigenvalue weighted by molar-refractivity contribution is 0.0950. The number of aromatic nitrogens is 3. The fourth-order valence-electron chi connectivity index (χ4n) is 2.15. The summed E-state index contributed by atoms with van der Waals surface area (Å²) in [5, 5.41) is 13.7. The highest BCUT2D eigenvalue weighted by Crippen LogP contribution is 2.15. The second kappa shape index (κ2) is 7.36. The van der Waals surface area contributed by atoms with Gasteiger partial charge in [-0.25, -0.2) is 17.4 Å². The molecule has 0 aliphatic heterocycles. The minimum absolute atomic E-state index is 0.137. The third-order valence-electron chi connectivity index (χ3n) is 3.60. The second-order valence-corrected chi connectivity index (χ2v) is 8.68. The molecule has 0 atom stereocenters. The lowest BCUT2D eigenvalue weighted by Gasteiger charge is -2.11. The highest BCUT2D eigenvalue weighted by molar-refractivity contribution is 7.89.